The van der Waals surface area contributed by atoms with Crippen molar-refractivity contribution in [3.05, 3.63) is 18.5 Å². The number of nitrogens with zero attached hydrogens (tertiary/aromatic N) is 5. The first-order valence-electron chi connectivity index (χ1n) is 8.92. The number of halogens is 1. The van der Waals surface area contributed by atoms with Gasteiger partial charge in [-0.05, 0) is 31.2 Å². The summed E-state index contributed by atoms with van der Waals surface area (Å²) in [5.74, 6) is 2.63. The Hall–Kier alpha value is -1.16. The lowest BCUT2D eigenvalue weighted by atomic mass is 10.3. The molecule has 2 fully saturated rings. The molecule has 1 saturated heterocycles. The lowest BCUT2D eigenvalue weighted by Gasteiger charge is -2.36. The van der Waals surface area contributed by atoms with E-state index in [9.17, 15) is 0 Å². The Labute approximate surface area is 167 Å². The van der Waals surface area contributed by atoms with Crippen molar-refractivity contribution in [3.63, 3.8) is 0 Å². The molecule has 1 N–H and O–H groups in total. The third kappa shape index (κ3) is 6.58. The first-order chi connectivity index (χ1) is 11.9. The molecule has 140 valence electrons. The predicted octanol–water partition coefficient (Wildman–Crippen LogP) is 1.61. The third-order valence-corrected chi connectivity index (χ3v) is 4.43. The van der Waals surface area contributed by atoms with Gasteiger partial charge < -0.3 is 19.9 Å². The molecule has 0 amide bonds. The molecule has 25 heavy (non-hydrogen) atoms. The predicted molar refractivity (Wildman–Crippen MR) is 111 cm³/mol. The summed E-state index contributed by atoms with van der Waals surface area (Å²) in [6, 6.07) is 1.85. The maximum atomic E-state index is 5.67. The maximum absolute atomic E-state index is 5.67. The average molecular weight is 460 g/mol. The highest BCUT2D eigenvalue weighted by Gasteiger charge is 2.22. The minimum atomic E-state index is 0. The zero-order chi connectivity index (χ0) is 16.6. The van der Waals surface area contributed by atoms with E-state index < -0.39 is 0 Å². The molecule has 1 aliphatic carbocycles. The number of guanidine groups is 1. The van der Waals surface area contributed by atoms with Gasteiger partial charge in [0.2, 0.25) is 5.95 Å². The van der Waals surface area contributed by atoms with Gasteiger partial charge in [0.15, 0.2) is 5.96 Å². The molecule has 2 aliphatic rings. The fourth-order valence-corrected chi connectivity index (χ4v) is 2.81. The lowest BCUT2D eigenvalue weighted by molar-refractivity contribution is 0.122. The van der Waals surface area contributed by atoms with E-state index in [-0.39, 0.29) is 24.0 Å². The second-order valence-corrected chi connectivity index (χ2v) is 6.37. The van der Waals surface area contributed by atoms with Gasteiger partial charge >= 0.3 is 0 Å². The van der Waals surface area contributed by atoms with Crippen molar-refractivity contribution in [2.75, 3.05) is 57.9 Å². The van der Waals surface area contributed by atoms with Gasteiger partial charge in [0.1, 0.15) is 0 Å². The topological polar surface area (TPSA) is 65.9 Å². The standard InChI is InChI=1S/C17H28N6O.HI/c1-18-16(19-8-3-13-24-14-15-4-5-15)22-9-11-23(12-10-22)17-20-6-2-7-21-17;/h2,6-7,15H,3-5,8-14H2,1H3,(H,18,19);1H. The molecule has 8 heteroatoms. The van der Waals surface area contributed by atoms with Crippen LogP contribution >= 0.6 is 24.0 Å². The molecule has 1 aliphatic heterocycles. The largest absolute Gasteiger partial charge is 0.381 e. The first-order valence-corrected chi connectivity index (χ1v) is 8.92. The van der Waals surface area contributed by atoms with Crippen LogP contribution in [-0.2, 0) is 4.74 Å². The lowest BCUT2D eigenvalue weighted by Crippen LogP contribution is -2.53. The molecular weight excluding hydrogens is 431 g/mol. The Bertz CT molecular complexity index is 517. The summed E-state index contributed by atoms with van der Waals surface area (Å²) in [5, 5.41) is 3.44. The van der Waals surface area contributed by atoms with E-state index in [2.05, 4.69) is 30.1 Å². The third-order valence-electron chi connectivity index (χ3n) is 4.43. The molecule has 7 nitrogen and oxygen atoms in total. The van der Waals surface area contributed by atoms with Gasteiger partial charge in [-0.2, -0.15) is 0 Å². The summed E-state index contributed by atoms with van der Waals surface area (Å²) in [6.07, 6.45) is 7.31. The first kappa shape index (κ1) is 20.2. The minimum Gasteiger partial charge on any atom is -0.381 e. The van der Waals surface area contributed by atoms with Crippen LogP contribution in [0.5, 0.6) is 0 Å². The Morgan fingerprint density at radius 2 is 1.96 bits per heavy atom. The average Bonchev–Trinajstić information content (AvgIpc) is 3.47. The van der Waals surface area contributed by atoms with Crippen LogP contribution in [0.1, 0.15) is 19.3 Å². The molecule has 1 aromatic rings. The van der Waals surface area contributed by atoms with Crippen molar-refractivity contribution in [1.29, 1.82) is 0 Å². The van der Waals surface area contributed by atoms with Crippen molar-refractivity contribution >= 4 is 35.9 Å². The normalized spacial score (nSPS) is 18.0. The van der Waals surface area contributed by atoms with Gasteiger partial charge in [0, 0.05) is 65.4 Å². The molecule has 0 atom stereocenters. The molecule has 1 saturated carbocycles. The molecule has 0 bridgehead atoms. The quantitative estimate of drug-likeness (QED) is 0.289. The highest BCUT2D eigenvalue weighted by atomic mass is 127. The number of nitrogens with one attached hydrogen (secondary N) is 1. The smallest absolute Gasteiger partial charge is 0.225 e. The number of piperazine rings is 1. The van der Waals surface area contributed by atoms with Crippen molar-refractivity contribution in [2.24, 2.45) is 10.9 Å². The number of rotatable bonds is 7. The van der Waals surface area contributed by atoms with Gasteiger partial charge in [-0.3, -0.25) is 4.99 Å². The minimum absolute atomic E-state index is 0. The SMILES string of the molecule is CN=C(NCCCOCC1CC1)N1CCN(c2ncccn2)CC1.I. The van der Waals surface area contributed by atoms with Crippen molar-refractivity contribution in [2.45, 2.75) is 19.3 Å². The number of aliphatic imine (C=N–C) groups is 1. The van der Waals surface area contributed by atoms with E-state index in [0.29, 0.717) is 0 Å². The van der Waals surface area contributed by atoms with Gasteiger partial charge in [-0.25, -0.2) is 9.97 Å². The van der Waals surface area contributed by atoms with Crippen LogP contribution in [0.25, 0.3) is 0 Å². The summed E-state index contributed by atoms with van der Waals surface area (Å²) >= 11 is 0. The molecule has 0 unspecified atom stereocenters. The molecule has 0 aromatic carbocycles. The second-order valence-electron chi connectivity index (χ2n) is 6.37. The van der Waals surface area contributed by atoms with Crippen LogP contribution in [0.2, 0.25) is 0 Å². The number of hydrogen-bond donors (Lipinski definition) is 1. The zero-order valence-electron chi connectivity index (χ0n) is 14.9. The van der Waals surface area contributed by atoms with E-state index in [0.717, 1.165) is 70.2 Å². The number of aromatic nitrogens is 2. The summed E-state index contributed by atoms with van der Waals surface area (Å²) in [7, 11) is 1.85. The van der Waals surface area contributed by atoms with Gasteiger partial charge in [-0.1, -0.05) is 0 Å². The van der Waals surface area contributed by atoms with Crippen LogP contribution in [0.4, 0.5) is 5.95 Å². The Morgan fingerprint density at radius 3 is 2.60 bits per heavy atom. The van der Waals surface area contributed by atoms with Crippen molar-refractivity contribution in [3.8, 4) is 0 Å². The van der Waals surface area contributed by atoms with Crippen LogP contribution in [0, 0.1) is 5.92 Å². The fourth-order valence-electron chi connectivity index (χ4n) is 2.81. The summed E-state index contributed by atoms with van der Waals surface area (Å²) < 4.78 is 5.67. The summed E-state index contributed by atoms with van der Waals surface area (Å²) in [5.41, 5.74) is 0. The zero-order valence-corrected chi connectivity index (χ0v) is 17.3. The van der Waals surface area contributed by atoms with E-state index in [1.165, 1.54) is 12.8 Å². The van der Waals surface area contributed by atoms with Gasteiger partial charge in [0.25, 0.3) is 0 Å². The Morgan fingerprint density at radius 1 is 1.24 bits per heavy atom. The molecular formula is C17H29IN6O. The highest BCUT2D eigenvalue weighted by molar-refractivity contribution is 14.0. The highest BCUT2D eigenvalue weighted by Crippen LogP contribution is 2.28. The molecule has 3 rings (SSSR count). The van der Waals surface area contributed by atoms with E-state index in [4.69, 9.17) is 4.74 Å². The second kappa shape index (κ2) is 10.7. The van der Waals surface area contributed by atoms with Crippen LogP contribution in [0.3, 0.4) is 0 Å². The van der Waals surface area contributed by atoms with Gasteiger partial charge in [-0.15, -0.1) is 24.0 Å². The van der Waals surface area contributed by atoms with Crippen molar-refractivity contribution in [1.82, 2.24) is 20.2 Å². The Kier molecular flexibility index (Phi) is 8.66. The van der Waals surface area contributed by atoms with Crippen molar-refractivity contribution < 1.29 is 4.74 Å². The van der Waals surface area contributed by atoms with Gasteiger partial charge in [0.05, 0.1) is 0 Å². The number of hydrogen-bond acceptors (Lipinski definition) is 5. The molecule has 0 spiro atoms. The molecule has 1 aromatic heterocycles. The molecule has 0 radical (unpaired) electrons. The molecule has 2 heterocycles. The summed E-state index contributed by atoms with van der Waals surface area (Å²) in [4.78, 5) is 17.6. The monoisotopic (exact) mass is 460 g/mol. The number of ether oxygens (including phenoxy) is 1. The van der Waals surface area contributed by atoms with Crippen LogP contribution in [0.15, 0.2) is 23.5 Å². The van der Waals surface area contributed by atoms with Crippen LogP contribution < -0.4 is 10.2 Å². The maximum Gasteiger partial charge on any atom is 0.225 e. The fraction of sp³-hybridized carbons (Fsp3) is 0.706. The number of anilines is 1. The summed E-state index contributed by atoms with van der Waals surface area (Å²) in [6.45, 7) is 6.36. The van der Waals surface area contributed by atoms with E-state index in [1.54, 1.807) is 12.4 Å². The van der Waals surface area contributed by atoms with E-state index in [1.807, 2.05) is 13.1 Å². The Balaban J connectivity index is 0.00000225. The van der Waals surface area contributed by atoms with E-state index >= 15 is 0 Å². The van der Waals surface area contributed by atoms with Crippen LogP contribution in [-0.4, -0.2) is 73.8 Å².